The fraction of sp³-hybridized carbons (Fsp3) is 0.292. The molecular weight excluding hydrogens is 757 g/mol. The molecule has 9 rings (SSSR count). The van der Waals surface area contributed by atoms with Crippen molar-refractivity contribution in [1.29, 1.82) is 0 Å². The van der Waals surface area contributed by atoms with Gasteiger partial charge < -0.3 is 24.4 Å². The molecule has 0 bridgehead atoms. The summed E-state index contributed by atoms with van der Waals surface area (Å²) < 4.78 is 14.2. The lowest BCUT2D eigenvalue weighted by Gasteiger charge is -2.39. The van der Waals surface area contributed by atoms with Gasteiger partial charge in [-0.3, -0.25) is 14.4 Å². The maximum atomic E-state index is 15.4. The Bertz CT molecular complexity index is 2650. The zero-order valence-corrected chi connectivity index (χ0v) is 34.7. The number of carbonyl (C=O) groups excluding carboxylic acids is 2. The molecule has 1 fully saturated rings. The first-order chi connectivity index (χ1) is 28.5. The van der Waals surface area contributed by atoms with Gasteiger partial charge in [-0.25, -0.2) is 0 Å². The van der Waals surface area contributed by atoms with Gasteiger partial charge in [-0.15, -0.1) is 0 Å². The molecule has 0 unspecified atom stereocenters. The third-order valence-electron chi connectivity index (χ3n) is 13.2. The van der Waals surface area contributed by atoms with Crippen LogP contribution < -0.4 is 20.4 Å². The van der Waals surface area contributed by atoms with E-state index in [1.807, 2.05) is 97.1 Å². The number of rotatable bonds is 9. The normalized spacial score (nSPS) is 22.5. The predicted molar refractivity (Wildman–Crippen MR) is 231 cm³/mol. The zero-order chi connectivity index (χ0) is 41.1. The van der Waals surface area contributed by atoms with Crippen molar-refractivity contribution in [2.24, 2.45) is 5.92 Å². The largest absolute Gasteiger partial charge is 0.497 e. The molecule has 6 aromatic rings. The van der Waals surface area contributed by atoms with Crippen molar-refractivity contribution in [2.45, 2.75) is 69.2 Å². The molecule has 59 heavy (non-hydrogen) atoms. The average molecular weight is 805 g/mol. The Balaban J connectivity index is 1.08. The van der Waals surface area contributed by atoms with Crippen LogP contribution in [-0.4, -0.2) is 65.5 Å². The predicted octanol–water partition coefficient (Wildman–Crippen LogP) is 6.49. The summed E-state index contributed by atoms with van der Waals surface area (Å²) in [5, 5.41) is 17.5. The van der Waals surface area contributed by atoms with E-state index in [1.54, 1.807) is 29.2 Å². The molecule has 1 spiro atoms. The minimum Gasteiger partial charge on any atom is -0.497 e. The molecule has 0 radical (unpaired) electrons. The third kappa shape index (κ3) is 6.39. The van der Waals surface area contributed by atoms with Gasteiger partial charge in [0.05, 0.1) is 69.9 Å². The Hall–Kier alpha value is -5.88. The summed E-state index contributed by atoms with van der Waals surface area (Å²) in [6.07, 6.45) is 1.76. The Labute approximate surface area is 344 Å². The number of aromatic nitrogens is 2. The van der Waals surface area contributed by atoms with Crippen LogP contribution in [0.3, 0.4) is 0 Å². The van der Waals surface area contributed by atoms with Gasteiger partial charge in [0.2, 0.25) is 5.91 Å². The third-order valence-corrected chi connectivity index (χ3v) is 17.6. The molecule has 300 valence electrons. The Morgan fingerprint density at radius 2 is 1.64 bits per heavy atom. The number of carbonyl (C=O) groups is 2. The summed E-state index contributed by atoms with van der Waals surface area (Å²) in [6.45, 7) is 7.24. The van der Waals surface area contributed by atoms with Gasteiger partial charge in [-0.05, 0) is 65.1 Å². The highest BCUT2D eigenvalue weighted by molar-refractivity contribution is 6.91. The smallest absolute Gasteiger partial charge is 0.279 e. The van der Waals surface area contributed by atoms with E-state index < -0.39 is 19.8 Å². The Morgan fingerprint density at radius 1 is 0.915 bits per heavy atom. The topological polar surface area (TPSA) is 114 Å². The number of aliphatic hydroxyl groups excluding tert-OH is 1. The van der Waals surface area contributed by atoms with E-state index in [-0.39, 0.29) is 54.4 Å². The highest BCUT2D eigenvalue weighted by Crippen LogP contribution is 2.60. The molecule has 4 heterocycles. The number of methoxy groups -OCH3 is 1. The van der Waals surface area contributed by atoms with E-state index in [1.165, 1.54) is 9.87 Å². The SMILES string of the molecule is COc1ccc([Si](C)(C)[C@@H]2[C@@H](CC(=O)N3Cc4ccccc4C[C@H]3CO)O[C@]3(C(=O)N(Cc4cccc(-n5ncc6ccccc6c5=O)c4)c4ccccc43)[C@H]2C)cc1. The van der Waals surface area contributed by atoms with E-state index in [9.17, 15) is 14.7 Å². The van der Waals surface area contributed by atoms with Crippen LogP contribution in [0.5, 0.6) is 5.75 Å². The molecule has 3 aliphatic rings. The van der Waals surface area contributed by atoms with Crippen LogP contribution in [-0.2, 0) is 39.4 Å². The second-order valence-electron chi connectivity index (χ2n) is 16.7. The van der Waals surface area contributed by atoms with Gasteiger partial charge in [0.25, 0.3) is 11.5 Å². The lowest BCUT2D eigenvalue weighted by atomic mass is 9.82. The van der Waals surface area contributed by atoms with E-state index in [0.29, 0.717) is 24.0 Å². The molecule has 0 aliphatic carbocycles. The van der Waals surface area contributed by atoms with Crippen LogP contribution in [0.15, 0.2) is 132 Å². The van der Waals surface area contributed by atoms with Crippen LogP contribution in [0.4, 0.5) is 5.69 Å². The van der Waals surface area contributed by atoms with Crippen molar-refractivity contribution < 1.29 is 24.2 Å². The maximum Gasteiger partial charge on any atom is 0.279 e. The summed E-state index contributed by atoms with van der Waals surface area (Å²) in [5.74, 6) is 0.198. The van der Waals surface area contributed by atoms with Gasteiger partial charge in [0.15, 0.2) is 5.60 Å². The molecule has 11 heteroatoms. The molecule has 2 amide bonds. The van der Waals surface area contributed by atoms with Gasteiger partial charge in [-0.2, -0.15) is 9.78 Å². The van der Waals surface area contributed by atoms with Crippen molar-refractivity contribution >= 4 is 41.5 Å². The van der Waals surface area contributed by atoms with E-state index in [0.717, 1.165) is 39.1 Å². The molecule has 5 atom stereocenters. The fourth-order valence-electron chi connectivity index (χ4n) is 10.2. The van der Waals surface area contributed by atoms with Gasteiger partial charge in [-0.1, -0.05) is 110 Å². The molecule has 10 nitrogen and oxygen atoms in total. The minimum atomic E-state index is -2.53. The lowest BCUT2D eigenvalue weighted by Crippen LogP contribution is -2.52. The van der Waals surface area contributed by atoms with Gasteiger partial charge in [0.1, 0.15) is 5.75 Å². The highest BCUT2D eigenvalue weighted by atomic mass is 28.3. The number of nitrogens with zero attached hydrogens (tertiary/aromatic N) is 4. The Morgan fingerprint density at radius 3 is 2.42 bits per heavy atom. The average Bonchev–Trinajstić information content (AvgIpc) is 3.69. The highest BCUT2D eigenvalue weighted by Gasteiger charge is 2.66. The van der Waals surface area contributed by atoms with Crippen LogP contribution >= 0.6 is 0 Å². The first-order valence-corrected chi connectivity index (χ1v) is 23.4. The van der Waals surface area contributed by atoms with Crippen LogP contribution in [0.2, 0.25) is 18.6 Å². The molecule has 5 aromatic carbocycles. The van der Waals surface area contributed by atoms with Gasteiger partial charge in [0, 0.05) is 23.4 Å². The van der Waals surface area contributed by atoms with Crippen molar-refractivity contribution in [3.05, 3.63) is 160 Å². The summed E-state index contributed by atoms with van der Waals surface area (Å²) in [7, 11) is -0.876. The number of ether oxygens (including phenoxy) is 2. The lowest BCUT2D eigenvalue weighted by molar-refractivity contribution is -0.151. The number of aliphatic hydroxyl groups is 1. The van der Waals surface area contributed by atoms with Crippen molar-refractivity contribution in [3.8, 4) is 11.4 Å². The first-order valence-electron chi connectivity index (χ1n) is 20.3. The minimum absolute atomic E-state index is 0.0764. The standard InChI is InChI=1S/C48H48N4O6Si/c1-31-45(59(3,4)39-22-20-38(57-2)21-23-39)43(26-44(54)50-29-35-15-6-5-13-33(35)25-37(50)30-53)58-48(31)41-18-9-10-19-42(41)51(47(48)56)28-32-12-11-16-36(24-32)52-46(55)40-17-8-7-14-34(40)27-49-52/h5-24,27,31,37,43,45,53H,25-26,28-30H2,1-4H3/t31-,37-,43+,45-,48+/m0/s1. The van der Waals surface area contributed by atoms with Crippen LogP contribution in [0.1, 0.15) is 35.6 Å². The number of anilines is 1. The van der Waals surface area contributed by atoms with Crippen molar-refractivity contribution in [2.75, 3.05) is 18.6 Å². The number of benzene rings is 5. The second kappa shape index (κ2) is 15.1. The van der Waals surface area contributed by atoms with E-state index >= 15 is 4.79 Å². The number of hydrogen-bond acceptors (Lipinski definition) is 7. The molecule has 3 aliphatic heterocycles. The van der Waals surface area contributed by atoms with Crippen LogP contribution in [0.25, 0.3) is 16.5 Å². The quantitative estimate of drug-likeness (QED) is 0.166. The first kappa shape index (κ1) is 38.6. The fourth-order valence-corrected chi connectivity index (χ4v) is 14.2. The number of para-hydroxylation sites is 1. The molecule has 1 N–H and O–H groups in total. The molecule has 0 saturated carbocycles. The number of fused-ring (bicyclic) bond motifs is 4. The summed E-state index contributed by atoms with van der Waals surface area (Å²) in [5.41, 5.74) is 3.50. The number of amides is 2. The number of hydrogen-bond donors (Lipinski definition) is 1. The summed E-state index contributed by atoms with van der Waals surface area (Å²) in [4.78, 5) is 47.2. The van der Waals surface area contributed by atoms with E-state index in [2.05, 4.69) is 43.3 Å². The summed E-state index contributed by atoms with van der Waals surface area (Å²) in [6, 6.07) is 38.7. The maximum absolute atomic E-state index is 15.4. The zero-order valence-electron chi connectivity index (χ0n) is 33.7. The monoisotopic (exact) mass is 804 g/mol. The van der Waals surface area contributed by atoms with Crippen LogP contribution in [0, 0.1) is 5.92 Å². The van der Waals surface area contributed by atoms with Gasteiger partial charge >= 0.3 is 0 Å². The molecule has 1 saturated heterocycles. The molecule has 1 aromatic heterocycles. The second-order valence-corrected chi connectivity index (χ2v) is 21.4. The summed E-state index contributed by atoms with van der Waals surface area (Å²) >= 11 is 0. The van der Waals surface area contributed by atoms with Crippen molar-refractivity contribution in [1.82, 2.24) is 14.7 Å². The van der Waals surface area contributed by atoms with Crippen molar-refractivity contribution in [3.63, 3.8) is 0 Å². The Kier molecular flexibility index (Phi) is 9.85. The van der Waals surface area contributed by atoms with E-state index in [4.69, 9.17) is 9.47 Å². The molecular formula is C48H48N4O6Si.